The van der Waals surface area contributed by atoms with Crippen LogP contribution in [0.2, 0.25) is 0 Å². The summed E-state index contributed by atoms with van der Waals surface area (Å²) >= 11 is 3.39. The summed E-state index contributed by atoms with van der Waals surface area (Å²) in [5, 5.41) is 9.15. The van der Waals surface area contributed by atoms with Crippen LogP contribution in [0.25, 0.3) is 0 Å². The lowest BCUT2D eigenvalue weighted by Crippen LogP contribution is -2.35. The Morgan fingerprint density at radius 2 is 2.12 bits per heavy atom. The largest absolute Gasteiger partial charge is 0.395 e. The van der Waals surface area contributed by atoms with Crippen LogP contribution in [0, 0.1) is 0 Å². The van der Waals surface area contributed by atoms with Crippen LogP contribution in [0.3, 0.4) is 0 Å². The molecule has 1 heterocycles. The molecule has 4 heteroatoms. The standard InChI is InChI=1S/C13H19BrN2O/c14-11-5-6-12(15-9-11)10-16(7-8-17)13-3-1-2-4-13/h5-6,9,13,17H,1-4,7-8,10H2. The highest BCUT2D eigenvalue weighted by atomic mass is 79.9. The highest BCUT2D eigenvalue weighted by molar-refractivity contribution is 9.10. The molecule has 17 heavy (non-hydrogen) atoms. The minimum Gasteiger partial charge on any atom is -0.395 e. The van der Waals surface area contributed by atoms with Gasteiger partial charge in [-0.3, -0.25) is 9.88 Å². The molecule has 0 unspecified atom stereocenters. The zero-order valence-corrected chi connectivity index (χ0v) is 11.6. The minimum absolute atomic E-state index is 0.229. The molecule has 1 N–H and O–H groups in total. The lowest BCUT2D eigenvalue weighted by molar-refractivity contribution is 0.143. The smallest absolute Gasteiger partial charge is 0.0558 e. The molecule has 0 spiro atoms. The number of rotatable bonds is 5. The van der Waals surface area contributed by atoms with E-state index in [4.69, 9.17) is 5.11 Å². The average molecular weight is 299 g/mol. The number of pyridine rings is 1. The van der Waals surface area contributed by atoms with Gasteiger partial charge in [0.15, 0.2) is 0 Å². The third-order valence-corrected chi connectivity index (χ3v) is 3.85. The molecule has 0 aliphatic heterocycles. The summed E-state index contributed by atoms with van der Waals surface area (Å²) in [6.07, 6.45) is 6.99. The maximum Gasteiger partial charge on any atom is 0.0558 e. The normalized spacial score (nSPS) is 16.9. The first kappa shape index (κ1) is 13.0. The summed E-state index contributed by atoms with van der Waals surface area (Å²) in [6, 6.07) is 4.70. The predicted molar refractivity (Wildman–Crippen MR) is 71.7 cm³/mol. The quantitative estimate of drug-likeness (QED) is 0.908. The number of aromatic nitrogens is 1. The lowest BCUT2D eigenvalue weighted by atomic mass is 10.2. The molecule has 0 amide bonds. The van der Waals surface area contributed by atoms with Crippen molar-refractivity contribution in [2.75, 3.05) is 13.2 Å². The van der Waals surface area contributed by atoms with Crippen LogP contribution in [0.15, 0.2) is 22.8 Å². The summed E-state index contributed by atoms with van der Waals surface area (Å²) in [5.74, 6) is 0. The zero-order valence-electron chi connectivity index (χ0n) is 9.98. The van der Waals surface area contributed by atoms with E-state index in [0.717, 1.165) is 23.3 Å². The second-order valence-electron chi connectivity index (χ2n) is 4.60. The van der Waals surface area contributed by atoms with Crippen LogP contribution in [0.5, 0.6) is 0 Å². The topological polar surface area (TPSA) is 36.4 Å². The minimum atomic E-state index is 0.229. The van der Waals surface area contributed by atoms with Crippen LogP contribution in [0.4, 0.5) is 0 Å². The van der Waals surface area contributed by atoms with Crippen LogP contribution in [-0.2, 0) is 6.54 Å². The fourth-order valence-corrected chi connectivity index (χ4v) is 2.73. The second kappa shape index (κ2) is 6.47. The van der Waals surface area contributed by atoms with E-state index < -0.39 is 0 Å². The summed E-state index contributed by atoms with van der Waals surface area (Å²) in [6.45, 7) is 1.83. The third-order valence-electron chi connectivity index (χ3n) is 3.38. The number of hydrogen-bond donors (Lipinski definition) is 1. The average Bonchev–Trinajstić information content (AvgIpc) is 2.85. The van der Waals surface area contributed by atoms with Gasteiger partial charge in [-0.15, -0.1) is 0 Å². The highest BCUT2D eigenvalue weighted by Crippen LogP contribution is 2.24. The van der Waals surface area contributed by atoms with E-state index in [2.05, 4.69) is 25.8 Å². The molecule has 0 aromatic carbocycles. The molecule has 1 aromatic heterocycles. The van der Waals surface area contributed by atoms with Crippen molar-refractivity contribution in [3.63, 3.8) is 0 Å². The van der Waals surface area contributed by atoms with Gasteiger partial charge in [-0.05, 0) is 40.9 Å². The van der Waals surface area contributed by atoms with Crippen LogP contribution in [0.1, 0.15) is 31.4 Å². The van der Waals surface area contributed by atoms with Crippen molar-refractivity contribution in [2.45, 2.75) is 38.3 Å². The number of halogens is 1. The number of aliphatic hydroxyl groups is 1. The van der Waals surface area contributed by atoms with Gasteiger partial charge >= 0.3 is 0 Å². The van der Waals surface area contributed by atoms with Gasteiger partial charge < -0.3 is 5.11 Å². The van der Waals surface area contributed by atoms with Crippen molar-refractivity contribution in [3.05, 3.63) is 28.5 Å². The fourth-order valence-electron chi connectivity index (χ4n) is 2.50. The lowest BCUT2D eigenvalue weighted by Gasteiger charge is -2.27. The molecular formula is C13H19BrN2O. The first-order valence-corrected chi connectivity index (χ1v) is 7.04. The molecule has 1 saturated carbocycles. The Balaban J connectivity index is 1.98. The van der Waals surface area contributed by atoms with E-state index in [9.17, 15) is 0 Å². The van der Waals surface area contributed by atoms with Crippen molar-refractivity contribution >= 4 is 15.9 Å². The summed E-state index contributed by atoms with van der Waals surface area (Å²) in [7, 11) is 0. The van der Waals surface area contributed by atoms with Crippen molar-refractivity contribution < 1.29 is 5.11 Å². The Morgan fingerprint density at radius 1 is 1.35 bits per heavy atom. The van der Waals surface area contributed by atoms with Crippen molar-refractivity contribution in [1.82, 2.24) is 9.88 Å². The molecular weight excluding hydrogens is 280 g/mol. The van der Waals surface area contributed by atoms with Gasteiger partial charge in [0, 0.05) is 29.8 Å². The fraction of sp³-hybridized carbons (Fsp3) is 0.615. The van der Waals surface area contributed by atoms with Crippen LogP contribution < -0.4 is 0 Å². The monoisotopic (exact) mass is 298 g/mol. The molecule has 94 valence electrons. The number of nitrogens with zero attached hydrogens (tertiary/aromatic N) is 2. The Labute approximate surface area is 111 Å². The molecule has 1 aliphatic rings. The third kappa shape index (κ3) is 3.76. The second-order valence-corrected chi connectivity index (χ2v) is 5.52. The Morgan fingerprint density at radius 3 is 2.71 bits per heavy atom. The van der Waals surface area contributed by atoms with E-state index in [1.165, 1.54) is 25.7 Å². The molecule has 1 aromatic rings. The first-order chi connectivity index (χ1) is 8.29. The van der Waals surface area contributed by atoms with Gasteiger partial charge in [0.2, 0.25) is 0 Å². The van der Waals surface area contributed by atoms with E-state index in [1.807, 2.05) is 18.3 Å². The van der Waals surface area contributed by atoms with E-state index in [0.29, 0.717) is 6.04 Å². The number of aliphatic hydroxyl groups excluding tert-OH is 1. The molecule has 0 radical (unpaired) electrons. The summed E-state index contributed by atoms with van der Waals surface area (Å²) in [5.41, 5.74) is 1.08. The maximum atomic E-state index is 9.15. The highest BCUT2D eigenvalue weighted by Gasteiger charge is 2.22. The molecule has 1 fully saturated rings. The van der Waals surface area contributed by atoms with Gasteiger partial charge in [-0.2, -0.15) is 0 Å². The van der Waals surface area contributed by atoms with Gasteiger partial charge in [0.25, 0.3) is 0 Å². The maximum absolute atomic E-state index is 9.15. The van der Waals surface area contributed by atoms with Gasteiger partial charge in [-0.25, -0.2) is 0 Å². The summed E-state index contributed by atoms with van der Waals surface area (Å²) in [4.78, 5) is 6.77. The van der Waals surface area contributed by atoms with Crippen molar-refractivity contribution in [1.29, 1.82) is 0 Å². The molecule has 0 bridgehead atoms. The van der Waals surface area contributed by atoms with Gasteiger partial charge in [0.05, 0.1) is 12.3 Å². The first-order valence-electron chi connectivity index (χ1n) is 6.25. The number of hydrogen-bond acceptors (Lipinski definition) is 3. The Bertz CT molecular complexity index is 336. The molecule has 0 saturated heterocycles. The van der Waals surface area contributed by atoms with E-state index in [-0.39, 0.29) is 6.61 Å². The van der Waals surface area contributed by atoms with Gasteiger partial charge in [0.1, 0.15) is 0 Å². The van der Waals surface area contributed by atoms with Crippen LogP contribution in [-0.4, -0.2) is 34.2 Å². The molecule has 2 rings (SSSR count). The van der Waals surface area contributed by atoms with Gasteiger partial charge in [-0.1, -0.05) is 12.8 Å². The molecule has 1 aliphatic carbocycles. The molecule has 3 nitrogen and oxygen atoms in total. The zero-order chi connectivity index (χ0) is 12.1. The van der Waals surface area contributed by atoms with E-state index in [1.54, 1.807) is 0 Å². The predicted octanol–water partition coefficient (Wildman–Crippen LogP) is 2.58. The summed E-state index contributed by atoms with van der Waals surface area (Å²) < 4.78 is 1.01. The molecule has 0 atom stereocenters. The van der Waals surface area contributed by atoms with E-state index >= 15 is 0 Å². The Hall–Kier alpha value is -0.450. The van der Waals surface area contributed by atoms with Crippen molar-refractivity contribution in [2.24, 2.45) is 0 Å². The Kier molecular flexibility index (Phi) is 4.95. The van der Waals surface area contributed by atoms with Crippen LogP contribution >= 0.6 is 15.9 Å². The SMILES string of the molecule is OCCN(Cc1ccc(Br)cn1)C1CCCC1. The van der Waals surface area contributed by atoms with Crippen molar-refractivity contribution in [3.8, 4) is 0 Å².